The number of aromatic nitrogens is 4. The van der Waals surface area contributed by atoms with Gasteiger partial charge in [0.05, 0.1) is 11.4 Å². The van der Waals surface area contributed by atoms with Crippen molar-refractivity contribution in [2.75, 3.05) is 18.5 Å². The molecular weight excluding hydrogens is 337 g/mol. The van der Waals surface area contributed by atoms with Gasteiger partial charge in [-0.05, 0) is 66.6 Å². The second kappa shape index (κ2) is 7.49. The van der Waals surface area contributed by atoms with Crippen molar-refractivity contribution in [3.63, 3.8) is 0 Å². The van der Waals surface area contributed by atoms with Crippen molar-refractivity contribution in [2.45, 2.75) is 44.4 Å². The molecule has 1 saturated carbocycles. The molecule has 2 aromatic rings. The van der Waals surface area contributed by atoms with E-state index in [1.165, 1.54) is 6.07 Å². The number of hydrogen-bond acceptors (Lipinski definition) is 5. The lowest BCUT2D eigenvalue weighted by molar-refractivity contribution is -0.116. The summed E-state index contributed by atoms with van der Waals surface area (Å²) < 4.78 is 21.2. The molecule has 0 bridgehead atoms. The fraction of sp³-hybridized carbons (Fsp3) is 0.556. The van der Waals surface area contributed by atoms with E-state index in [1.54, 1.807) is 16.8 Å². The van der Waals surface area contributed by atoms with Crippen LogP contribution in [0.1, 0.15) is 50.3 Å². The van der Waals surface area contributed by atoms with Crippen molar-refractivity contribution in [3.8, 4) is 5.69 Å². The summed E-state index contributed by atoms with van der Waals surface area (Å²) in [5.41, 5.74) is 0.805. The summed E-state index contributed by atoms with van der Waals surface area (Å²) in [5, 5.41) is 14.5. The normalized spacial score (nSPS) is 20.1. The van der Waals surface area contributed by atoms with E-state index in [-0.39, 0.29) is 11.6 Å². The Bertz CT molecular complexity index is 784. The topological polar surface area (TPSA) is 81.9 Å². The van der Waals surface area contributed by atoms with Gasteiger partial charge in [-0.1, -0.05) is 0 Å². The van der Waals surface area contributed by atoms with E-state index in [9.17, 15) is 9.18 Å². The molecule has 1 aromatic heterocycles. The second-order valence-corrected chi connectivity index (χ2v) is 7.06. The number of anilines is 1. The zero-order chi connectivity index (χ0) is 17.9. The minimum atomic E-state index is -0.468. The molecular formula is C18H22FN5O2. The number of carbonyl (C=O) groups excluding carboxylic acids is 1. The number of amides is 1. The van der Waals surface area contributed by atoms with Gasteiger partial charge in [0.25, 0.3) is 0 Å². The Kier molecular flexibility index (Phi) is 4.92. The first-order valence-corrected chi connectivity index (χ1v) is 9.16. The first-order chi connectivity index (χ1) is 12.7. The van der Waals surface area contributed by atoms with Gasteiger partial charge in [-0.25, -0.2) is 4.39 Å². The maximum absolute atomic E-state index is 14.1. The summed E-state index contributed by atoms with van der Waals surface area (Å²) in [6.45, 7) is 1.51. The fourth-order valence-corrected chi connectivity index (χ4v) is 3.30. The van der Waals surface area contributed by atoms with Gasteiger partial charge in [0.2, 0.25) is 5.91 Å². The molecule has 2 fully saturated rings. The molecule has 138 valence electrons. The van der Waals surface area contributed by atoms with Gasteiger partial charge in [0.15, 0.2) is 5.82 Å². The average Bonchev–Trinajstić information content (AvgIpc) is 3.39. The van der Waals surface area contributed by atoms with Crippen molar-refractivity contribution in [1.29, 1.82) is 0 Å². The molecule has 1 unspecified atom stereocenters. The summed E-state index contributed by atoms with van der Waals surface area (Å²) >= 11 is 0. The van der Waals surface area contributed by atoms with Crippen LogP contribution in [-0.4, -0.2) is 39.3 Å². The SMILES string of the molecule is O=C(CCC1CCCOC1)Nc1cc(-n2nnnc2C2CC2)ccc1F. The third-order valence-corrected chi connectivity index (χ3v) is 4.94. The highest BCUT2D eigenvalue weighted by Gasteiger charge is 2.30. The van der Waals surface area contributed by atoms with Crippen molar-refractivity contribution in [1.82, 2.24) is 20.2 Å². The zero-order valence-electron chi connectivity index (χ0n) is 14.5. The van der Waals surface area contributed by atoms with Crippen LogP contribution in [0.25, 0.3) is 5.69 Å². The number of tetrazole rings is 1. The Labute approximate surface area is 150 Å². The predicted molar refractivity (Wildman–Crippen MR) is 92.5 cm³/mol. The summed E-state index contributed by atoms with van der Waals surface area (Å²) in [6, 6.07) is 4.53. The molecule has 26 heavy (non-hydrogen) atoms. The van der Waals surface area contributed by atoms with E-state index in [1.807, 2.05) is 0 Å². The molecule has 2 heterocycles. The molecule has 1 aliphatic heterocycles. The molecule has 1 atom stereocenters. The van der Waals surface area contributed by atoms with Crippen LogP contribution in [-0.2, 0) is 9.53 Å². The van der Waals surface area contributed by atoms with E-state index >= 15 is 0 Å². The largest absolute Gasteiger partial charge is 0.381 e. The number of ether oxygens (including phenoxy) is 1. The van der Waals surface area contributed by atoms with Crippen molar-refractivity contribution >= 4 is 11.6 Å². The fourth-order valence-electron chi connectivity index (χ4n) is 3.30. The summed E-state index contributed by atoms with van der Waals surface area (Å²) in [4.78, 5) is 12.2. The van der Waals surface area contributed by atoms with Crippen LogP contribution in [0, 0.1) is 11.7 Å². The van der Waals surface area contributed by atoms with E-state index in [0.717, 1.165) is 44.5 Å². The van der Waals surface area contributed by atoms with Gasteiger partial charge in [0.1, 0.15) is 5.82 Å². The van der Waals surface area contributed by atoms with E-state index < -0.39 is 5.82 Å². The average molecular weight is 359 g/mol. The van der Waals surface area contributed by atoms with Gasteiger partial charge >= 0.3 is 0 Å². The number of nitrogens with zero attached hydrogens (tertiary/aromatic N) is 4. The Morgan fingerprint density at radius 3 is 3.00 bits per heavy atom. The number of halogens is 1. The van der Waals surface area contributed by atoms with Gasteiger partial charge in [0, 0.05) is 25.6 Å². The molecule has 0 spiro atoms. The number of benzene rings is 1. The summed E-state index contributed by atoms with van der Waals surface area (Å²) in [7, 11) is 0. The third kappa shape index (κ3) is 3.90. The lowest BCUT2D eigenvalue weighted by Crippen LogP contribution is -2.20. The van der Waals surface area contributed by atoms with Crippen LogP contribution < -0.4 is 5.32 Å². The highest BCUT2D eigenvalue weighted by Crippen LogP contribution is 2.39. The minimum absolute atomic E-state index is 0.157. The molecule has 4 rings (SSSR count). The van der Waals surface area contributed by atoms with Crippen molar-refractivity contribution in [2.24, 2.45) is 5.92 Å². The monoisotopic (exact) mass is 359 g/mol. The lowest BCUT2D eigenvalue weighted by Gasteiger charge is -2.21. The summed E-state index contributed by atoms with van der Waals surface area (Å²) in [6.07, 6.45) is 5.37. The number of carbonyl (C=O) groups is 1. The highest BCUT2D eigenvalue weighted by molar-refractivity contribution is 5.91. The molecule has 1 N–H and O–H groups in total. The second-order valence-electron chi connectivity index (χ2n) is 7.06. The molecule has 1 saturated heterocycles. The first-order valence-electron chi connectivity index (χ1n) is 9.16. The standard InChI is InChI=1S/C18H22FN5O2/c19-15-7-6-14(24-18(13-4-5-13)21-22-23-24)10-16(15)20-17(25)8-3-12-2-1-9-26-11-12/h6-7,10,12-13H,1-5,8-9,11H2,(H,20,25). The number of nitrogens with one attached hydrogen (secondary N) is 1. The van der Waals surface area contributed by atoms with Crippen LogP contribution in [0.4, 0.5) is 10.1 Å². The van der Waals surface area contributed by atoms with Gasteiger partial charge in [-0.3, -0.25) is 4.79 Å². The molecule has 1 amide bonds. The maximum Gasteiger partial charge on any atom is 0.224 e. The van der Waals surface area contributed by atoms with E-state index in [4.69, 9.17) is 4.74 Å². The Morgan fingerprint density at radius 2 is 2.23 bits per heavy atom. The first kappa shape index (κ1) is 17.1. The van der Waals surface area contributed by atoms with Crippen molar-refractivity contribution < 1.29 is 13.9 Å². The van der Waals surface area contributed by atoms with Gasteiger partial charge in [-0.15, -0.1) is 5.10 Å². The molecule has 1 aliphatic carbocycles. The lowest BCUT2D eigenvalue weighted by atomic mass is 9.97. The summed E-state index contributed by atoms with van der Waals surface area (Å²) in [5.74, 6) is 0.903. The van der Waals surface area contributed by atoms with Crippen LogP contribution in [0.5, 0.6) is 0 Å². The molecule has 7 nitrogen and oxygen atoms in total. The van der Waals surface area contributed by atoms with Crippen LogP contribution >= 0.6 is 0 Å². The molecule has 2 aliphatic rings. The van der Waals surface area contributed by atoms with Gasteiger partial charge in [-0.2, -0.15) is 4.68 Å². The minimum Gasteiger partial charge on any atom is -0.381 e. The van der Waals surface area contributed by atoms with Crippen LogP contribution in [0.15, 0.2) is 18.2 Å². The van der Waals surface area contributed by atoms with E-state index in [2.05, 4.69) is 20.8 Å². The molecule has 8 heteroatoms. The number of rotatable bonds is 6. The highest BCUT2D eigenvalue weighted by atomic mass is 19.1. The maximum atomic E-state index is 14.1. The third-order valence-electron chi connectivity index (χ3n) is 4.94. The van der Waals surface area contributed by atoms with Crippen LogP contribution in [0.2, 0.25) is 0 Å². The van der Waals surface area contributed by atoms with E-state index in [0.29, 0.717) is 30.6 Å². The predicted octanol–water partition coefficient (Wildman–Crippen LogP) is 2.82. The van der Waals surface area contributed by atoms with Gasteiger partial charge < -0.3 is 10.1 Å². The number of hydrogen-bond donors (Lipinski definition) is 1. The Hall–Kier alpha value is -2.35. The van der Waals surface area contributed by atoms with Crippen molar-refractivity contribution in [3.05, 3.63) is 29.8 Å². The Balaban J connectivity index is 1.42. The quantitative estimate of drug-likeness (QED) is 0.858. The zero-order valence-corrected chi connectivity index (χ0v) is 14.5. The Morgan fingerprint density at radius 1 is 1.35 bits per heavy atom. The molecule has 0 radical (unpaired) electrons. The van der Waals surface area contributed by atoms with Crippen LogP contribution in [0.3, 0.4) is 0 Å². The molecule has 1 aromatic carbocycles. The smallest absolute Gasteiger partial charge is 0.224 e.